The quantitative estimate of drug-likeness (QED) is 0.469. The number of halogens is 1. The summed E-state index contributed by atoms with van der Waals surface area (Å²) in [7, 11) is 0. The normalized spacial score (nSPS) is 13.0. The van der Waals surface area contributed by atoms with Crippen molar-refractivity contribution < 1.29 is 0 Å². The molecule has 4 heteroatoms. The van der Waals surface area contributed by atoms with Gasteiger partial charge < -0.3 is 5.41 Å². The van der Waals surface area contributed by atoms with E-state index in [-0.39, 0.29) is 23.2 Å². The van der Waals surface area contributed by atoms with Crippen LogP contribution in [0.5, 0.6) is 0 Å². The average molecular weight is 440 g/mol. The second-order valence-electron chi connectivity index (χ2n) is 10.1. The molecule has 0 aromatic heterocycles. The number of rotatable bonds is 6. The monoisotopic (exact) mass is 439 g/mol. The zero-order chi connectivity index (χ0) is 22.5. The first-order valence-electron chi connectivity index (χ1n) is 10.7. The fourth-order valence-corrected chi connectivity index (χ4v) is 3.08. The lowest BCUT2D eigenvalue weighted by Gasteiger charge is -2.19. The maximum absolute atomic E-state index is 8.22. The van der Waals surface area contributed by atoms with Crippen LogP contribution in [-0.2, 0) is 10.8 Å². The van der Waals surface area contributed by atoms with Gasteiger partial charge in [-0.15, -0.1) is 12.4 Å². The summed E-state index contributed by atoms with van der Waals surface area (Å²) in [6.45, 7) is 18.1. The lowest BCUT2D eigenvalue weighted by atomic mass is 9.86. The Bertz CT molecular complexity index is 845. The van der Waals surface area contributed by atoms with Crippen molar-refractivity contribution in [3.8, 4) is 0 Å². The minimum absolute atomic E-state index is 0. The molecule has 0 unspecified atom stereocenters. The van der Waals surface area contributed by atoms with E-state index < -0.39 is 0 Å². The summed E-state index contributed by atoms with van der Waals surface area (Å²) in [5.74, 6) is 0. The number of aliphatic imine (C=N–C) groups is 2. The van der Waals surface area contributed by atoms with Crippen LogP contribution in [0.15, 0.2) is 58.5 Å². The minimum Gasteiger partial charge on any atom is -0.306 e. The topological polar surface area (TPSA) is 48.6 Å². The fraction of sp³-hybridized carbons (Fsp3) is 0.444. The number of hydrogen-bond donors (Lipinski definition) is 1. The van der Waals surface area contributed by atoms with Crippen molar-refractivity contribution in [3.63, 3.8) is 0 Å². The van der Waals surface area contributed by atoms with Crippen molar-refractivity contribution in [1.29, 1.82) is 5.41 Å². The molecule has 0 fully saturated rings. The van der Waals surface area contributed by atoms with E-state index >= 15 is 0 Å². The zero-order valence-electron chi connectivity index (χ0n) is 20.3. The molecule has 0 aliphatic carbocycles. The van der Waals surface area contributed by atoms with E-state index in [9.17, 15) is 0 Å². The van der Waals surface area contributed by atoms with Gasteiger partial charge in [0, 0.05) is 11.4 Å². The highest BCUT2D eigenvalue weighted by Gasteiger charge is 2.14. The third kappa shape index (κ3) is 8.06. The third-order valence-corrected chi connectivity index (χ3v) is 5.35. The molecule has 2 rings (SSSR count). The maximum Gasteiger partial charge on any atom is 0.0787 e. The average Bonchev–Trinajstić information content (AvgIpc) is 2.69. The molecule has 3 nitrogen and oxygen atoms in total. The van der Waals surface area contributed by atoms with Gasteiger partial charge in [-0.05, 0) is 46.9 Å². The maximum atomic E-state index is 8.22. The molecule has 0 bridgehead atoms. The molecule has 1 N–H and O–H groups in total. The Morgan fingerprint density at radius 1 is 0.645 bits per heavy atom. The molecule has 0 spiro atoms. The predicted octanol–water partition coefficient (Wildman–Crippen LogP) is 7.04. The van der Waals surface area contributed by atoms with E-state index in [0.29, 0.717) is 18.8 Å². The van der Waals surface area contributed by atoms with Crippen molar-refractivity contribution in [1.82, 2.24) is 0 Å². The second kappa shape index (κ2) is 10.9. The lowest BCUT2D eigenvalue weighted by Crippen LogP contribution is -2.12. The van der Waals surface area contributed by atoms with E-state index in [1.54, 1.807) is 0 Å². The van der Waals surface area contributed by atoms with Gasteiger partial charge >= 0.3 is 0 Å². The fourth-order valence-electron chi connectivity index (χ4n) is 3.08. The highest BCUT2D eigenvalue weighted by Crippen LogP contribution is 2.23. The summed E-state index contributed by atoms with van der Waals surface area (Å²) in [5, 5.41) is 8.22. The molecule has 2 aromatic rings. The van der Waals surface area contributed by atoms with Crippen molar-refractivity contribution in [2.45, 2.75) is 66.2 Å². The first-order valence-corrected chi connectivity index (χ1v) is 10.7. The van der Waals surface area contributed by atoms with Crippen LogP contribution < -0.4 is 0 Å². The summed E-state index contributed by atoms with van der Waals surface area (Å²) in [4.78, 5) is 9.20. The number of hydrogen-bond acceptors (Lipinski definition) is 3. The highest BCUT2D eigenvalue weighted by molar-refractivity contribution is 6.02. The highest BCUT2D eigenvalue weighted by atomic mass is 35.5. The first-order chi connectivity index (χ1) is 13.9. The van der Waals surface area contributed by atoms with Gasteiger partial charge in [0.1, 0.15) is 0 Å². The first kappa shape index (κ1) is 26.8. The van der Waals surface area contributed by atoms with Crippen LogP contribution in [-0.4, -0.2) is 30.2 Å². The molecule has 168 valence electrons. The largest absolute Gasteiger partial charge is 0.306 e. The molecular weight excluding hydrogens is 402 g/mol. The van der Waals surface area contributed by atoms with Gasteiger partial charge in [0.15, 0.2) is 0 Å². The Hall–Kier alpha value is -2.26. The van der Waals surface area contributed by atoms with Crippen molar-refractivity contribution in [2.24, 2.45) is 9.98 Å². The van der Waals surface area contributed by atoms with Crippen LogP contribution in [0, 0.1) is 5.41 Å². The standard InChI is InChI=1S/C27H37N3.ClH/c1-19(21-9-13-23(14-10-21)26(3,4)5)29-17-25(28)18-30-20(2)22-11-15-24(16-12-22)27(6,7)8;/h9-16,28H,17-18H2,1-8H3;1H. The van der Waals surface area contributed by atoms with Gasteiger partial charge in [0.25, 0.3) is 0 Å². The van der Waals surface area contributed by atoms with Gasteiger partial charge in [0.2, 0.25) is 0 Å². The van der Waals surface area contributed by atoms with Crippen LogP contribution in [0.3, 0.4) is 0 Å². The molecule has 31 heavy (non-hydrogen) atoms. The molecule has 0 saturated heterocycles. The summed E-state index contributed by atoms with van der Waals surface area (Å²) in [6.07, 6.45) is 0. The van der Waals surface area contributed by atoms with Crippen LogP contribution in [0.4, 0.5) is 0 Å². The number of nitrogens with zero attached hydrogens (tertiary/aromatic N) is 2. The molecule has 0 amide bonds. The van der Waals surface area contributed by atoms with Crippen LogP contribution in [0.25, 0.3) is 0 Å². The Morgan fingerprint density at radius 2 is 0.935 bits per heavy atom. The molecule has 0 aliphatic heterocycles. The SMILES string of the molecule is CC(=NCC(=N)CN=C(C)c1ccc(C(C)(C)C)cc1)c1ccc(C(C)(C)C)cc1.Cl. The molecule has 0 atom stereocenters. The van der Waals surface area contributed by atoms with E-state index in [0.717, 1.165) is 22.6 Å². The van der Waals surface area contributed by atoms with Gasteiger partial charge in [-0.3, -0.25) is 9.98 Å². The zero-order valence-corrected chi connectivity index (χ0v) is 21.2. The van der Waals surface area contributed by atoms with Gasteiger partial charge in [-0.1, -0.05) is 90.1 Å². The number of benzene rings is 2. The lowest BCUT2D eigenvalue weighted by molar-refractivity contribution is 0.590. The van der Waals surface area contributed by atoms with E-state index in [4.69, 9.17) is 5.41 Å². The molecule has 0 aliphatic rings. The predicted molar refractivity (Wildman–Crippen MR) is 139 cm³/mol. The Kier molecular flexibility index (Phi) is 9.38. The van der Waals surface area contributed by atoms with E-state index in [1.165, 1.54) is 11.1 Å². The summed E-state index contributed by atoms with van der Waals surface area (Å²) >= 11 is 0. The third-order valence-electron chi connectivity index (χ3n) is 5.35. The molecule has 0 saturated carbocycles. The van der Waals surface area contributed by atoms with Crippen LogP contribution in [0.1, 0.15) is 77.6 Å². The molecule has 2 aromatic carbocycles. The minimum atomic E-state index is 0. The summed E-state index contributed by atoms with van der Waals surface area (Å²) in [6, 6.07) is 17.1. The van der Waals surface area contributed by atoms with Crippen LogP contribution in [0.2, 0.25) is 0 Å². The Morgan fingerprint density at radius 3 is 1.19 bits per heavy atom. The number of nitrogens with one attached hydrogen (secondary N) is 1. The van der Waals surface area contributed by atoms with E-state index in [2.05, 4.69) is 100 Å². The summed E-state index contributed by atoms with van der Waals surface area (Å²) < 4.78 is 0. The van der Waals surface area contributed by atoms with Gasteiger partial charge in [-0.2, -0.15) is 0 Å². The van der Waals surface area contributed by atoms with Crippen molar-refractivity contribution >= 4 is 29.5 Å². The Labute approximate surface area is 195 Å². The molecular formula is C27H38ClN3. The Balaban J connectivity index is 0.00000480. The van der Waals surface area contributed by atoms with Crippen molar-refractivity contribution in [3.05, 3.63) is 70.8 Å². The summed E-state index contributed by atoms with van der Waals surface area (Å²) in [5.41, 5.74) is 7.57. The molecule has 0 radical (unpaired) electrons. The van der Waals surface area contributed by atoms with Crippen LogP contribution >= 0.6 is 12.4 Å². The smallest absolute Gasteiger partial charge is 0.0787 e. The van der Waals surface area contributed by atoms with Gasteiger partial charge in [0.05, 0.1) is 18.8 Å². The molecule has 0 heterocycles. The second-order valence-corrected chi connectivity index (χ2v) is 10.1. The van der Waals surface area contributed by atoms with Crippen molar-refractivity contribution in [2.75, 3.05) is 13.1 Å². The van der Waals surface area contributed by atoms with Gasteiger partial charge in [-0.25, -0.2) is 0 Å². The van der Waals surface area contributed by atoms with E-state index in [1.807, 2.05) is 13.8 Å².